The van der Waals surface area contributed by atoms with Crippen LogP contribution in [-0.2, 0) is 32.1 Å². The molecule has 1 saturated heterocycles. The number of carboxylic acids is 1. The van der Waals surface area contributed by atoms with Crippen LogP contribution >= 0.6 is 0 Å². The number of benzene rings is 1. The third kappa shape index (κ3) is 8.69. The van der Waals surface area contributed by atoms with E-state index in [1.165, 1.54) is 6.07 Å². The van der Waals surface area contributed by atoms with Gasteiger partial charge in [-0.05, 0) is 44.8 Å². The maximum atomic E-state index is 12.5. The summed E-state index contributed by atoms with van der Waals surface area (Å²) < 4.78 is 16.0. The van der Waals surface area contributed by atoms with Crippen molar-refractivity contribution >= 4 is 17.8 Å². The molecule has 2 rings (SSSR count). The van der Waals surface area contributed by atoms with Crippen LogP contribution in [0.4, 0.5) is 4.79 Å². The van der Waals surface area contributed by atoms with Crippen molar-refractivity contribution < 1.29 is 49.0 Å². The molecule has 5 atom stereocenters. The Morgan fingerprint density at radius 3 is 2.39 bits per heavy atom. The van der Waals surface area contributed by atoms with Crippen molar-refractivity contribution in [2.75, 3.05) is 33.7 Å². The molecule has 7 N–H and O–H groups in total. The fourth-order valence-corrected chi connectivity index (χ4v) is 3.50. The molecule has 0 bridgehead atoms. The molecule has 1 amide bonds. The second-order valence-electron chi connectivity index (χ2n) is 8.32. The van der Waals surface area contributed by atoms with Crippen LogP contribution in [-0.4, -0.2) is 103 Å². The predicted molar refractivity (Wildman–Crippen MR) is 125 cm³/mol. The van der Waals surface area contributed by atoms with Crippen molar-refractivity contribution in [3.05, 3.63) is 29.3 Å². The molecule has 0 spiro atoms. The van der Waals surface area contributed by atoms with E-state index in [9.17, 15) is 34.8 Å². The maximum absolute atomic E-state index is 12.5. The van der Waals surface area contributed by atoms with E-state index in [0.29, 0.717) is 43.6 Å². The molecule has 0 aromatic heterocycles. The van der Waals surface area contributed by atoms with Crippen molar-refractivity contribution in [1.29, 1.82) is 0 Å². The molecule has 13 heteroatoms. The van der Waals surface area contributed by atoms with Crippen molar-refractivity contribution in [1.82, 2.24) is 16.0 Å². The lowest BCUT2D eigenvalue weighted by Gasteiger charge is -2.38. The first-order chi connectivity index (χ1) is 17.2. The lowest BCUT2D eigenvalue weighted by Crippen LogP contribution is -2.61. The van der Waals surface area contributed by atoms with Crippen molar-refractivity contribution in [2.24, 2.45) is 0 Å². The molecule has 1 heterocycles. The summed E-state index contributed by atoms with van der Waals surface area (Å²) in [6.45, 7) is 1.53. The minimum Gasteiger partial charge on any atom is -0.479 e. The lowest BCUT2D eigenvalue weighted by atomic mass is 9.98. The first kappa shape index (κ1) is 29.4. The van der Waals surface area contributed by atoms with Crippen LogP contribution in [0.2, 0.25) is 0 Å². The number of ketones is 1. The number of ether oxygens (including phenoxy) is 3. The Kier molecular flexibility index (Phi) is 12.0. The van der Waals surface area contributed by atoms with Gasteiger partial charge >= 0.3 is 12.1 Å². The van der Waals surface area contributed by atoms with Crippen LogP contribution in [0, 0.1) is 0 Å². The molecule has 1 aliphatic heterocycles. The van der Waals surface area contributed by atoms with Gasteiger partial charge in [0.15, 0.2) is 6.10 Å². The van der Waals surface area contributed by atoms with Gasteiger partial charge in [-0.15, -0.1) is 0 Å². The zero-order valence-corrected chi connectivity index (χ0v) is 20.3. The Hall–Kier alpha value is -2.81. The molecule has 13 nitrogen and oxygen atoms in total. The van der Waals surface area contributed by atoms with Gasteiger partial charge in [0.2, 0.25) is 6.29 Å². The second-order valence-corrected chi connectivity index (χ2v) is 8.32. The highest BCUT2D eigenvalue weighted by Crippen LogP contribution is 2.28. The lowest BCUT2D eigenvalue weighted by molar-refractivity contribution is -0.271. The van der Waals surface area contributed by atoms with E-state index in [-0.39, 0.29) is 24.6 Å². The summed E-state index contributed by atoms with van der Waals surface area (Å²) in [6.07, 6.45) is -8.62. The first-order valence-electron chi connectivity index (χ1n) is 11.6. The molecule has 0 aliphatic carbocycles. The molecule has 0 radical (unpaired) electrons. The Morgan fingerprint density at radius 2 is 1.72 bits per heavy atom. The Bertz CT molecular complexity index is 884. The monoisotopic (exact) mass is 513 g/mol. The number of carboxylic acid groups (broad SMARTS) is 1. The van der Waals surface area contributed by atoms with Crippen molar-refractivity contribution in [3.63, 3.8) is 0 Å². The summed E-state index contributed by atoms with van der Waals surface area (Å²) in [6, 6.07) is 4.64. The molecule has 0 unspecified atom stereocenters. The van der Waals surface area contributed by atoms with Gasteiger partial charge in [0, 0.05) is 31.5 Å². The quantitative estimate of drug-likeness (QED) is 0.143. The van der Waals surface area contributed by atoms with Gasteiger partial charge in [-0.3, -0.25) is 4.79 Å². The van der Waals surface area contributed by atoms with Gasteiger partial charge in [-0.2, -0.15) is 0 Å². The van der Waals surface area contributed by atoms with Gasteiger partial charge in [-0.1, -0.05) is 6.07 Å². The van der Waals surface area contributed by atoms with Crippen molar-refractivity contribution in [2.45, 2.75) is 56.6 Å². The Labute approximate surface area is 208 Å². The van der Waals surface area contributed by atoms with E-state index < -0.39 is 42.8 Å². The van der Waals surface area contributed by atoms with E-state index in [0.717, 1.165) is 0 Å². The zero-order valence-electron chi connectivity index (χ0n) is 20.3. The number of aliphatic hydroxyl groups is 3. The van der Waals surface area contributed by atoms with Gasteiger partial charge in [0.25, 0.3) is 0 Å². The van der Waals surface area contributed by atoms with Crippen molar-refractivity contribution in [3.8, 4) is 5.75 Å². The Morgan fingerprint density at radius 1 is 1.00 bits per heavy atom. The molecular weight excluding hydrogens is 478 g/mol. The zero-order chi connectivity index (χ0) is 26.7. The minimum absolute atomic E-state index is 0.0440. The second kappa shape index (κ2) is 14.7. The SMILES string of the molecule is CNCCCC(=O)Cc1cc(COC(=O)NCCNC)ccc1O[C@H]1O[C@@H](C(=O)O)[C@H](O)[C@@H](O)[C@@H]1O. The first-order valence-corrected chi connectivity index (χ1v) is 11.6. The predicted octanol–water partition coefficient (Wildman–Crippen LogP) is -1.49. The van der Waals surface area contributed by atoms with Crippen LogP contribution in [0.3, 0.4) is 0 Å². The number of rotatable bonds is 14. The summed E-state index contributed by atoms with van der Waals surface area (Å²) in [5, 5.41) is 47.9. The largest absolute Gasteiger partial charge is 0.479 e. The van der Waals surface area contributed by atoms with Crippen LogP contribution in [0.1, 0.15) is 24.0 Å². The van der Waals surface area contributed by atoms with Gasteiger partial charge in [0.05, 0.1) is 0 Å². The summed E-state index contributed by atoms with van der Waals surface area (Å²) in [5.41, 5.74) is 0.956. The molecule has 1 aliphatic rings. The molecular formula is C23H35N3O10. The smallest absolute Gasteiger partial charge is 0.407 e. The molecule has 0 saturated carbocycles. The number of alkyl carbamates (subject to hydrolysis) is 1. The average molecular weight is 514 g/mol. The van der Waals surface area contributed by atoms with E-state index in [4.69, 9.17) is 14.2 Å². The third-order valence-electron chi connectivity index (χ3n) is 5.47. The molecule has 202 valence electrons. The number of nitrogens with one attached hydrogen (secondary N) is 3. The Balaban J connectivity index is 2.19. The number of hydrogen-bond donors (Lipinski definition) is 7. The standard InChI is InChI=1S/C23H35N3O10/c1-24-7-3-4-15(27)11-14-10-13(12-34-23(33)26-9-8-25-2)5-6-16(14)35-22-19(30)17(28)18(29)20(36-22)21(31)32/h5-6,10,17-20,22,24-25,28-30H,3-4,7-9,11-12H2,1-2H3,(H,26,33)(H,31,32)/t17-,18-,19+,20-,22+/m1/s1. The number of likely N-dealkylation sites (N-methyl/N-ethyl adjacent to an activating group) is 1. The van der Waals surface area contributed by atoms with E-state index in [2.05, 4.69) is 16.0 Å². The average Bonchev–Trinajstić information content (AvgIpc) is 2.84. The summed E-state index contributed by atoms with van der Waals surface area (Å²) >= 11 is 0. The summed E-state index contributed by atoms with van der Waals surface area (Å²) in [5.74, 6) is -1.53. The van der Waals surface area contributed by atoms with E-state index in [1.807, 2.05) is 0 Å². The van der Waals surface area contributed by atoms with Gasteiger partial charge < -0.3 is 50.6 Å². The number of Topliss-reactive ketones (excluding diaryl/α,β-unsaturated/α-hetero) is 1. The van der Waals surface area contributed by atoms with Crippen LogP contribution < -0.4 is 20.7 Å². The van der Waals surface area contributed by atoms with Gasteiger partial charge in [0.1, 0.15) is 36.5 Å². The van der Waals surface area contributed by atoms with Crippen LogP contribution in [0.25, 0.3) is 0 Å². The number of aliphatic hydroxyl groups excluding tert-OH is 3. The molecule has 36 heavy (non-hydrogen) atoms. The number of carbonyl (C=O) groups is 3. The van der Waals surface area contributed by atoms with E-state index >= 15 is 0 Å². The van der Waals surface area contributed by atoms with E-state index in [1.54, 1.807) is 26.2 Å². The fraction of sp³-hybridized carbons (Fsp3) is 0.609. The summed E-state index contributed by atoms with van der Waals surface area (Å²) in [7, 11) is 3.53. The molecule has 1 aromatic carbocycles. The van der Waals surface area contributed by atoms with Gasteiger partial charge in [-0.25, -0.2) is 9.59 Å². The molecule has 1 fully saturated rings. The molecule has 1 aromatic rings. The number of carbonyl (C=O) groups excluding carboxylic acids is 2. The minimum atomic E-state index is -1.86. The number of hydrogen-bond acceptors (Lipinski definition) is 11. The fourth-order valence-electron chi connectivity index (χ4n) is 3.50. The highest BCUT2D eigenvalue weighted by molar-refractivity contribution is 5.81. The highest BCUT2D eigenvalue weighted by atomic mass is 16.7. The maximum Gasteiger partial charge on any atom is 0.407 e. The topological polar surface area (TPSA) is 196 Å². The highest BCUT2D eigenvalue weighted by Gasteiger charge is 2.48. The summed E-state index contributed by atoms with van der Waals surface area (Å²) in [4.78, 5) is 35.7. The third-order valence-corrected chi connectivity index (χ3v) is 5.47. The van der Waals surface area contributed by atoms with Crippen LogP contribution in [0.5, 0.6) is 5.75 Å². The number of amides is 1. The van der Waals surface area contributed by atoms with Crippen LogP contribution in [0.15, 0.2) is 18.2 Å². The normalized spacial score (nSPS) is 23.6. The number of aliphatic carboxylic acids is 1.